The van der Waals surface area contributed by atoms with Gasteiger partial charge in [0.2, 0.25) is 0 Å². The monoisotopic (exact) mass is 435 g/mol. The molecule has 0 radical (unpaired) electrons. The molecule has 0 spiro atoms. The molecule has 160 valence electrons. The second-order valence-electron chi connectivity index (χ2n) is 7.57. The zero-order valence-electron chi connectivity index (χ0n) is 16.6. The molecule has 7 nitrogen and oxygen atoms in total. The minimum Gasteiger partial charge on any atom is -0.336 e. The molecule has 1 aliphatic rings. The smallest absolute Gasteiger partial charge is 0.336 e. The van der Waals surface area contributed by atoms with Crippen molar-refractivity contribution in [2.24, 2.45) is 4.99 Å². The lowest BCUT2D eigenvalue weighted by molar-refractivity contribution is -0.140. The highest BCUT2D eigenvalue weighted by Gasteiger charge is 2.33. The van der Waals surface area contributed by atoms with Crippen LogP contribution >= 0.6 is 0 Å². The van der Waals surface area contributed by atoms with Crippen LogP contribution in [-0.4, -0.2) is 30.7 Å². The van der Waals surface area contributed by atoms with Crippen LogP contribution in [0.1, 0.15) is 40.9 Å². The Kier molecular flexibility index (Phi) is 4.74. The molecular formula is C22H16F3N7. The summed E-state index contributed by atoms with van der Waals surface area (Å²) in [5.74, 6) is -0.0152. The molecule has 4 aromatic rings. The van der Waals surface area contributed by atoms with E-state index in [1.54, 1.807) is 18.7 Å². The number of halogens is 3. The predicted molar refractivity (Wildman–Crippen MR) is 111 cm³/mol. The number of imidazole rings is 1. The summed E-state index contributed by atoms with van der Waals surface area (Å²) in [4.78, 5) is 18.9. The van der Waals surface area contributed by atoms with E-state index in [1.807, 2.05) is 28.8 Å². The first-order valence-corrected chi connectivity index (χ1v) is 9.90. The van der Waals surface area contributed by atoms with Gasteiger partial charge in [-0.2, -0.15) is 18.4 Å². The number of aromatic nitrogens is 5. The van der Waals surface area contributed by atoms with Gasteiger partial charge >= 0.3 is 6.18 Å². The van der Waals surface area contributed by atoms with E-state index < -0.39 is 11.9 Å². The van der Waals surface area contributed by atoms with Gasteiger partial charge < -0.3 is 9.55 Å². The first kappa shape index (κ1) is 19.9. The number of nitrogens with zero attached hydrogens (tertiary/aromatic N) is 6. The molecule has 0 amide bonds. The van der Waals surface area contributed by atoms with E-state index in [1.165, 1.54) is 11.9 Å². The SMILES string of the molecule is N#Cc1cn([C@@H]2CCc3ccccc3C2C=Nc2ncnc3[nH]c(C(F)(F)F)cc23)cn1. The van der Waals surface area contributed by atoms with Crippen LogP contribution in [0.4, 0.5) is 19.0 Å². The number of aromatic amines is 1. The number of nitrogens with one attached hydrogen (secondary N) is 1. The van der Waals surface area contributed by atoms with Gasteiger partial charge in [0.25, 0.3) is 0 Å². The zero-order valence-corrected chi connectivity index (χ0v) is 16.6. The Morgan fingerprint density at radius 3 is 2.84 bits per heavy atom. The second kappa shape index (κ2) is 7.60. The first-order chi connectivity index (χ1) is 15.4. The van der Waals surface area contributed by atoms with Crippen LogP contribution in [-0.2, 0) is 12.6 Å². The highest BCUT2D eigenvalue weighted by molar-refractivity contribution is 5.88. The van der Waals surface area contributed by atoms with Gasteiger partial charge in [0.05, 0.1) is 11.7 Å². The molecule has 1 unspecified atom stereocenters. The Hall–Kier alpha value is -4.00. The van der Waals surface area contributed by atoms with Crippen molar-refractivity contribution in [3.63, 3.8) is 0 Å². The number of hydrogen-bond donors (Lipinski definition) is 1. The molecule has 0 fully saturated rings. The molecule has 10 heteroatoms. The van der Waals surface area contributed by atoms with Gasteiger partial charge in [0.15, 0.2) is 11.5 Å². The van der Waals surface area contributed by atoms with Crippen molar-refractivity contribution in [3.05, 3.63) is 71.7 Å². The lowest BCUT2D eigenvalue weighted by atomic mass is 9.79. The number of aryl methyl sites for hydroxylation is 1. The summed E-state index contributed by atoms with van der Waals surface area (Å²) in [6, 6.07) is 11.0. The van der Waals surface area contributed by atoms with E-state index in [0.717, 1.165) is 24.5 Å². The minimum atomic E-state index is -4.52. The molecule has 1 aliphatic carbocycles. The van der Waals surface area contributed by atoms with Crippen molar-refractivity contribution in [3.8, 4) is 6.07 Å². The van der Waals surface area contributed by atoms with Gasteiger partial charge in [-0.1, -0.05) is 24.3 Å². The number of hydrogen-bond acceptors (Lipinski definition) is 5. The Balaban J connectivity index is 1.57. The largest absolute Gasteiger partial charge is 0.431 e. The summed E-state index contributed by atoms with van der Waals surface area (Å²) in [5.41, 5.74) is 1.77. The highest BCUT2D eigenvalue weighted by Crippen LogP contribution is 2.39. The summed E-state index contributed by atoms with van der Waals surface area (Å²) >= 11 is 0. The number of alkyl halides is 3. The van der Waals surface area contributed by atoms with Gasteiger partial charge in [0, 0.05) is 24.4 Å². The summed E-state index contributed by atoms with van der Waals surface area (Å²) in [7, 11) is 0. The standard InChI is InChI=1S/C22H16F3N7/c23-22(24,25)19-7-16-20(28-11-29-21(16)31-19)27-9-17-15-4-2-1-3-13(15)5-6-18(17)32-10-14(8-26)30-12-32/h1-4,7,9-12,17-18H,5-6H2,(H,28,29,31)/t17?,18-/m1/s1. The first-order valence-electron chi connectivity index (χ1n) is 9.90. The van der Waals surface area contributed by atoms with E-state index >= 15 is 0 Å². The van der Waals surface area contributed by atoms with Crippen LogP contribution in [0.5, 0.6) is 0 Å². The molecule has 1 aromatic carbocycles. The Morgan fingerprint density at radius 2 is 2.06 bits per heavy atom. The molecule has 0 saturated heterocycles. The number of rotatable bonds is 3. The van der Waals surface area contributed by atoms with Gasteiger partial charge in [0.1, 0.15) is 23.7 Å². The van der Waals surface area contributed by atoms with E-state index in [-0.39, 0.29) is 28.8 Å². The molecule has 32 heavy (non-hydrogen) atoms. The number of benzene rings is 1. The van der Waals surface area contributed by atoms with Crippen molar-refractivity contribution >= 4 is 23.1 Å². The molecule has 2 atom stereocenters. The van der Waals surface area contributed by atoms with Crippen LogP contribution in [0.2, 0.25) is 0 Å². The van der Waals surface area contributed by atoms with E-state index in [0.29, 0.717) is 5.69 Å². The van der Waals surface area contributed by atoms with E-state index in [4.69, 9.17) is 5.26 Å². The number of fused-ring (bicyclic) bond motifs is 2. The second-order valence-corrected chi connectivity index (χ2v) is 7.57. The minimum absolute atomic E-state index is 0.0439. The van der Waals surface area contributed by atoms with Crippen molar-refractivity contribution in [2.45, 2.75) is 31.0 Å². The lowest BCUT2D eigenvalue weighted by Gasteiger charge is -2.32. The van der Waals surface area contributed by atoms with Gasteiger partial charge in [-0.25, -0.2) is 19.9 Å². The Labute approximate surface area is 180 Å². The van der Waals surface area contributed by atoms with Crippen LogP contribution < -0.4 is 0 Å². The van der Waals surface area contributed by atoms with Gasteiger partial charge in [-0.3, -0.25) is 0 Å². The molecule has 1 N–H and O–H groups in total. The maximum atomic E-state index is 13.1. The normalized spacial score (nSPS) is 18.7. The fourth-order valence-corrected chi connectivity index (χ4v) is 4.20. The number of nitriles is 1. The van der Waals surface area contributed by atoms with Gasteiger partial charge in [-0.15, -0.1) is 0 Å². The van der Waals surface area contributed by atoms with E-state index in [9.17, 15) is 13.2 Å². The van der Waals surface area contributed by atoms with Crippen LogP contribution in [0.3, 0.4) is 0 Å². The maximum absolute atomic E-state index is 13.1. The molecular weight excluding hydrogens is 419 g/mol. The maximum Gasteiger partial charge on any atom is 0.431 e. The van der Waals surface area contributed by atoms with Crippen molar-refractivity contribution in [2.75, 3.05) is 0 Å². The Morgan fingerprint density at radius 1 is 1.22 bits per heavy atom. The topological polar surface area (TPSA) is 95.5 Å². The third kappa shape index (κ3) is 3.51. The molecule has 3 aromatic heterocycles. The summed E-state index contributed by atoms with van der Waals surface area (Å²) < 4.78 is 41.3. The number of aliphatic imine (C=N–C) groups is 1. The van der Waals surface area contributed by atoms with Crippen LogP contribution in [0.15, 0.2) is 54.2 Å². The summed E-state index contributed by atoms with van der Waals surface area (Å²) in [6.07, 6.45) is 3.37. The van der Waals surface area contributed by atoms with Crippen LogP contribution in [0.25, 0.3) is 11.0 Å². The van der Waals surface area contributed by atoms with Crippen molar-refractivity contribution < 1.29 is 13.2 Å². The summed E-state index contributed by atoms with van der Waals surface area (Å²) in [5, 5.41) is 9.34. The average Bonchev–Trinajstić information content (AvgIpc) is 3.44. The van der Waals surface area contributed by atoms with E-state index in [2.05, 4.69) is 31.0 Å². The Bertz CT molecular complexity index is 1360. The molecule has 0 saturated carbocycles. The lowest BCUT2D eigenvalue weighted by Crippen LogP contribution is -2.24. The fraction of sp³-hybridized carbons (Fsp3) is 0.227. The zero-order chi connectivity index (χ0) is 22.3. The molecule has 3 heterocycles. The van der Waals surface area contributed by atoms with Crippen molar-refractivity contribution in [1.82, 2.24) is 24.5 Å². The average molecular weight is 435 g/mol. The predicted octanol–water partition coefficient (Wildman–Crippen LogP) is 4.72. The third-order valence-corrected chi connectivity index (χ3v) is 5.70. The quantitative estimate of drug-likeness (QED) is 0.471. The van der Waals surface area contributed by atoms with Gasteiger partial charge in [-0.05, 0) is 30.0 Å². The third-order valence-electron chi connectivity index (χ3n) is 5.70. The molecule has 0 aliphatic heterocycles. The highest BCUT2D eigenvalue weighted by atomic mass is 19.4. The number of H-pyrrole nitrogens is 1. The van der Waals surface area contributed by atoms with Crippen LogP contribution in [0, 0.1) is 11.3 Å². The molecule has 5 rings (SSSR count). The summed E-state index contributed by atoms with van der Waals surface area (Å²) in [6.45, 7) is 0. The molecule has 0 bridgehead atoms. The van der Waals surface area contributed by atoms with Crippen molar-refractivity contribution in [1.29, 1.82) is 5.26 Å². The fourth-order valence-electron chi connectivity index (χ4n) is 4.20.